The van der Waals surface area contributed by atoms with E-state index in [2.05, 4.69) is 15.3 Å². The zero-order valence-corrected chi connectivity index (χ0v) is 18.4. The third-order valence-corrected chi connectivity index (χ3v) is 5.37. The number of H-pyrrole nitrogens is 1. The van der Waals surface area contributed by atoms with Crippen molar-refractivity contribution in [3.8, 4) is 11.4 Å². The van der Waals surface area contributed by atoms with Crippen LogP contribution >= 0.6 is 11.6 Å². The number of ether oxygens (including phenoxy) is 1. The van der Waals surface area contributed by atoms with Gasteiger partial charge in [0.05, 0.1) is 16.6 Å². The molecule has 0 saturated heterocycles. The minimum atomic E-state index is -0.932. The quantitative estimate of drug-likeness (QED) is 0.368. The van der Waals surface area contributed by atoms with E-state index >= 15 is 0 Å². The van der Waals surface area contributed by atoms with Crippen molar-refractivity contribution in [3.05, 3.63) is 82.9 Å². The molecule has 6 nitrogen and oxygen atoms in total. The van der Waals surface area contributed by atoms with E-state index in [0.29, 0.717) is 34.0 Å². The van der Waals surface area contributed by atoms with Crippen LogP contribution in [0.5, 0.6) is 0 Å². The Morgan fingerprint density at radius 2 is 1.88 bits per heavy atom. The Morgan fingerprint density at radius 3 is 2.62 bits per heavy atom. The minimum Gasteiger partial charge on any atom is -0.449 e. The van der Waals surface area contributed by atoms with Gasteiger partial charge in [0.2, 0.25) is 0 Å². The number of esters is 1. The zero-order valence-electron chi connectivity index (χ0n) is 17.7. The summed E-state index contributed by atoms with van der Waals surface area (Å²) in [6.45, 7) is 3.65. The molecule has 2 N–H and O–H groups in total. The number of aromatic nitrogens is 2. The predicted molar refractivity (Wildman–Crippen MR) is 126 cm³/mol. The maximum Gasteiger partial charge on any atom is 0.338 e. The molecule has 1 amide bonds. The van der Waals surface area contributed by atoms with Gasteiger partial charge in [-0.15, -0.1) is 0 Å². The van der Waals surface area contributed by atoms with Crippen molar-refractivity contribution >= 4 is 40.2 Å². The summed E-state index contributed by atoms with van der Waals surface area (Å²) >= 11 is 6.02. The van der Waals surface area contributed by atoms with Gasteiger partial charge < -0.3 is 15.0 Å². The summed E-state index contributed by atoms with van der Waals surface area (Å²) in [4.78, 5) is 33.3. The van der Waals surface area contributed by atoms with Crippen LogP contribution in [0.3, 0.4) is 0 Å². The fraction of sp³-hybridized carbons (Fsp3) is 0.160. The first-order valence-electron chi connectivity index (χ1n) is 10.3. The molecule has 0 bridgehead atoms. The smallest absolute Gasteiger partial charge is 0.338 e. The summed E-state index contributed by atoms with van der Waals surface area (Å²) in [5.74, 6) is -0.262. The first-order chi connectivity index (χ1) is 15.4. The molecule has 0 spiro atoms. The minimum absolute atomic E-state index is 0.335. The standard InChI is InChI=1S/C25H22ClN3O3/c1-3-22(24(30)29-20-14-18(26)11-9-15(20)2)32-25(31)17-10-12-19-21(13-17)28-23(27-19)16-7-5-4-6-8-16/h4-14,22H,3H2,1-2H3,(H,27,28)(H,29,30). The Balaban J connectivity index is 1.50. The van der Waals surface area contributed by atoms with Crippen LogP contribution in [0, 0.1) is 6.92 Å². The number of halogens is 1. The first kappa shape index (κ1) is 21.6. The van der Waals surface area contributed by atoms with Crippen molar-refractivity contribution in [2.75, 3.05) is 5.32 Å². The molecule has 0 radical (unpaired) electrons. The zero-order chi connectivity index (χ0) is 22.7. The Labute approximate surface area is 190 Å². The number of carbonyl (C=O) groups is 2. The van der Waals surface area contributed by atoms with Crippen LogP contribution < -0.4 is 5.32 Å². The maximum absolute atomic E-state index is 12.8. The van der Waals surface area contributed by atoms with Gasteiger partial charge in [0.25, 0.3) is 5.91 Å². The third-order valence-electron chi connectivity index (χ3n) is 5.13. The second-order valence-corrected chi connectivity index (χ2v) is 7.87. The molecule has 7 heteroatoms. The van der Waals surface area contributed by atoms with E-state index < -0.39 is 18.0 Å². The largest absolute Gasteiger partial charge is 0.449 e. The van der Waals surface area contributed by atoms with Crippen LogP contribution in [0.2, 0.25) is 5.02 Å². The number of fused-ring (bicyclic) bond motifs is 1. The lowest BCUT2D eigenvalue weighted by Gasteiger charge is -2.17. The fourth-order valence-corrected chi connectivity index (χ4v) is 3.50. The lowest BCUT2D eigenvalue weighted by atomic mass is 10.1. The van der Waals surface area contributed by atoms with E-state index in [1.165, 1.54) is 0 Å². The summed E-state index contributed by atoms with van der Waals surface area (Å²) in [6.07, 6.45) is -0.597. The molecular formula is C25H22ClN3O3. The maximum atomic E-state index is 12.8. The molecule has 4 aromatic rings. The Hall–Kier alpha value is -3.64. The second kappa shape index (κ2) is 9.24. The van der Waals surface area contributed by atoms with Gasteiger partial charge in [0.15, 0.2) is 6.10 Å². The van der Waals surface area contributed by atoms with Gasteiger partial charge in [-0.1, -0.05) is 54.9 Å². The third kappa shape index (κ3) is 4.65. The molecule has 1 aromatic heterocycles. The molecule has 3 aromatic carbocycles. The highest BCUT2D eigenvalue weighted by Crippen LogP contribution is 2.23. The molecule has 1 atom stereocenters. The number of nitrogens with zero attached hydrogens (tertiary/aromatic N) is 1. The van der Waals surface area contributed by atoms with Crippen molar-refractivity contribution in [1.29, 1.82) is 0 Å². The number of aryl methyl sites for hydroxylation is 1. The number of nitrogens with one attached hydrogen (secondary N) is 2. The normalized spacial score (nSPS) is 11.8. The highest BCUT2D eigenvalue weighted by atomic mass is 35.5. The molecule has 1 heterocycles. The number of hydrogen-bond acceptors (Lipinski definition) is 4. The van der Waals surface area contributed by atoms with Gasteiger partial charge in [0, 0.05) is 16.3 Å². The van der Waals surface area contributed by atoms with Crippen LogP contribution in [0.25, 0.3) is 22.4 Å². The number of anilines is 1. The Bertz CT molecular complexity index is 1280. The van der Waals surface area contributed by atoms with Crippen molar-refractivity contribution in [3.63, 3.8) is 0 Å². The second-order valence-electron chi connectivity index (χ2n) is 7.43. The molecule has 0 aliphatic rings. The number of amides is 1. The van der Waals surface area contributed by atoms with Gasteiger partial charge in [-0.25, -0.2) is 9.78 Å². The van der Waals surface area contributed by atoms with Crippen molar-refractivity contribution in [2.45, 2.75) is 26.4 Å². The highest BCUT2D eigenvalue weighted by Gasteiger charge is 2.23. The van der Waals surface area contributed by atoms with E-state index in [4.69, 9.17) is 16.3 Å². The van der Waals surface area contributed by atoms with E-state index in [9.17, 15) is 9.59 Å². The number of imidazole rings is 1. The highest BCUT2D eigenvalue weighted by molar-refractivity contribution is 6.31. The molecule has 162 valence electrons. The molecule has 4 rings (SSSR count). The van der Waals surface area contributed by atoms with E-state index in [-0.39, 0.29) is 0 Å². The summed E-state index contributed by atoms with van der Waals surface area (Å²) in [5, 5.41) is 3.31. The molecule has 32 heavy (non-hydrogen) atoms. The summed E-state index contributed by atoms with van der Waals surface area (Å²) in [7, 11) is 0. The van der Waals surface area contributed by atoms with Crippen molar-refractivity contribution < 1.29 is 14.3 Å². The number of hydrogen-bond donors (Lipinski definition) is 2. The van der Waals surface area contributed by atoms with Gasteiger partial charge in [0.1, 0.15) is 5.82 Å². The van der Waals surface area contributed by atoms with Gasteiger partial charge in [-0.3, -0.25) is 4.79 Å². The lowest BCUT2D eigenvalue weighted by molar-refractivity contribution is -0.124. The Kier molecular flexibility index (Phi) is 6.23. The predicted octanol–water partition coefficient (Wildman–Crippen LogP) is 5.77. The topological polar surface area (TPSA) is 84.1 Å². The van der Waals surface area contributed by atoms with E-state index in [1.54, 1.807) is 37.3 Å². The molecule has 0 saturated carbocycles. The molecular weight excluding hydrogens is 426 g/mol. The first-order valence-corrected chi connectivity index (χ1v) is 10.7. The number of rotatable bonds is 6. The van der Waals surface area contributed by atoms with Gasteiger partial charge >= 0.3 is 5.97 Å². The monoisotopic (exact) mass is 447 g/mol. The van der Waals surface area contributed by atoms with Crippen LogP contribution in [0.1, 0.15) is 29.3 Å². The van der Waals surface area contributed by atoms with Crippen LogP contribution in [-0.4, -0.2) is 27.9 Å². The van der Waals surface area contributed by atoms with Crippen LogP contribution in [0.15, 0.2) is 66.7 Å². The fourth-order valence-electron chi connectivity index (χ4n) is 3.33. The molecule has 0 aliphatic heterocycles. The number of carbonyl (C=O) groups excluding carboxylic acids is 2. The number of aromatic amines is 1. The number of benzene rings is 3. The summed E-state index contributed by atoms with van der Waals surface area (Å²) < 4.78 is 5.51. The molecule has 1 unspecified atom stereocenters. The lowest BCUT2D eigenvalue weighted by Crippen LogP contribution is -2.32. The van der Waals surface area contributed by atoms with Crippen LogP contribution in [0.4, 0.5) is 5.69 Å². The average molecular weight is 448 g/mol. The molecule has 0 fully saturated rings. The molecule has 0 aliphatic carbocycles. The van der Waals surface area contributed by atoms with Crippen molar-refractivity contribution in [1.82, 2.24) is 9.97 Å². The Morgan fingerprint density at radius 1 is 1.09 bits per heavy atom. The van der Waals surface area contributed by atoms with Crippen LogP contribution in [-0.2, 0) is 9.53 Å². The average Bonchev–Trinajstić information content (AvgIpc) is 3.23. The summed E-state index contributed by atoms with van der Waals surface area (Å²) in [6, 6.07) is 20.0. The van der Waals surface area contributed by atoms with Gasteiger partial charge in [-0.2, -0.15) is 0 Å². The SMILES string of the molecule is CCC(OC(=O)c1ccc2nc(-c3ccccc3)[nH]c2c1)C(=O)Nc1cc(Cl)ccc1C. The van der Waals surface area contributed by atoms with Gasteiger partial charge in [-0.05, 0) is 49.2 Å². The van der Waals surface area contributed by atoms with Crippen molar-refractivity contribution in [2.24, 2.45) is 0 Å². The summed E-state index contributed by atoms with van der Waals surface area (Å²) in [5.41, 5.74) is 4.19. The van der Waals surface area contributed by atoms with E-state index in [1.807, 2.05) is 43.3 Å². The van der Waals surface area contributed by atoms with E-state index in [0.717, 1.165) is 16.6 Å².